The highest BCUT2D eigenvalue weighted by atomic mass is 16.1. The number of rotatable bonds is 2. The molecule has 1 saturated carbocycles. The number of Topliss-reactive ketones (excluding diaryl/α,β-unsaturated/α-hetero) is 1. The lowest BCUT2D eigenvalue weighted by atomic mass is 9.94. The predicted molar refractivity (Wildman–Crippen MR) is 59.7 cm³/mol. The zero-order chi connectivity index (χ0) is 10.8. The van der Waals surface area contributed by atoms with Gasteiger partial charge in [0.1, 0.15) is 5.82 Å². The van der Waals surface area contributed by atoms with Gasteiger partial charge in [-0.05, 0) is 31.4 Å². The first-order valence-electron chi connectivity index (χ1n) is 5.45. The van der Waals surface area contributed by atoms with Crippen molar-refractivity contribution in [2.45, 2.75) is 32.6 Å². The van der Waals surface area contributed by atoms with Crippen molar-refractivity contribution in [1.29, 1.82) is 0 Å². The lowest BCUT2D eigenvalue weighted by Gasteiger charge is -2.11. The second-order valence-corrected chi connectivity index (χ2v) is 4.23. The molecular formula is C12H16N2O. The molecule has 1 aliphatic carbocycles. The van der Waals surface area contributed by atoms with Crippen molar-refractivity contribution in [2.75, 3.05) is 5.73 Å². The monoisotopic (exact) mass is 204 g/mol. The molecule has 2 rings (SSSR count). The van der Waals surface area contributed by atoms with Gasteiger partial charge in [0.05, 0.1) is 5.56 Å². The number of nitrogens with zero attached hydrogens (tertiary/aromatic N) is 1. The first-order chi connectivity index (χ1) is 7.20. The number of nitrogens with two attached hydrogens (primary N) is 1. The Kier molecular flexibility index (Phi) is 2.71. The van der Waals surface area contributed by atoms with Crippen LogP contribution in [0.25, 0.3) is 0 Å². The highest BCUT2D eigenvalue weighted by Crippen LogP contribution is 2.30. The normalized spacial score (nSPS) is 16.9. The molecule has 15 heavy (non-hydrogen) atoms. The van der Waals surface area contributed by atoms with Crippen LogP contribution in [-0.2, 0) is 0 Å². The van der Waals surface area contributed by atoms with E-state index in [9.17, 15) is 4.79 Å². The minimum Gasteiger partial charge on any atom is -0.383 e. The first-order valence-corrected chi connectivity index (χ1v) is 5.45. The van der Waals surface area contributed by atoms with Gasteiger partial charge in [-0.2, -0.15) is 0 Å². The number of carbonyl (C=O) groups is 1. The number of anilines is 1. The molecule has 1 fully saturated rings. The third-order valence-corrected chi connectivity index (χ3v) is 3.16. The minimum atomic E-state index is 0.176. The summed E-state index contributed by atoms with van der Waals surface area (Å²) < 4.78 is 0. The van der Waals surface area contributed by atoms with E-state index in [1.807, 2.05) is 13.0 Å². The molecule has 0 aromatic carbocycles. The number of hydrogen-bond acceptors (Lipinski definition) is 3. The van der Waals surface area contributed by atoms with Crippen LogP contribution in [0.4, 0.5) is 5.82 Å². The van der Waals surface area contributed by atoms with E-state index < -0.39 is 0 Å². The van der Waals surface area contributed by atoms with Crippen molar-refractivity contribution in [3.63, 3.8) is 0 Å². The van der Waals surface area contributed by atoms with Gasteiger partial charge in [-0.25, -0.2) is 4.98 Å². The van der Waals surface area contributed by atoms with Crippen molar-refractivity contribution in [2.24, 2.45) is 5.92 Å². The molecule has 1 heterocycles. The molecule has 0 unspecified atom stereocenters. The lowest BCUT2D eigenvalue weighted by Crippen LogP contribution is -2.15. The average molecular weight is 204 g/mol. The largest absolute Gasteiger partial charge is 0.383 e. The second kappa shape index (κ2) is 4.01. The highest BCUT2D eigenvalue weighted by Gasteiger charge is 2.26. The fraction of sp³-hybridized carbons (Fsp3) is 0.500. The average Bonchev–Trinajstić information content (AvgIpc) is 2.69. The van der Waals surface area contributed by atoms with Crippen LogP contribution in [0.3, 0.4) is 0 Å². The van der Waals surface area contributed by atoms with Gasteiger partial charge in [-0.15, -0.1) is 0 Å². The zero-order valence-corrected chi connectivity index (χ0v) is 8.99. The van der Waals surface area contributed by atoms with Crippen LogP contribution in [-0.4, -0.2) is 10.8 Å². The quantitative estimate of drug-likeness (QED) is 0.752. The third kappa shape index (κ3) is 1.87. The van der Waals surface area contributed by atoms with E-state index in [0.29, 0.717) is 11.4 Å². The van der Waals surface area contributed by atoms with E-state index in [2.05, 4.69) is 4.98 Å². The van der Waals surface area contributed by atoms with Crippen LogP contribution in [0.1, 0.15) is 41.6 Å². The molecule has 0 spiro atoms. The number of pyridine rings is 1. The number of hydrogen-bond donors (Lipinski definition) is 1. The van der Waals surface area contributed by atoms with Crippen LogP contribution < -0.4 is 5.73 Å². The number of nitrogen functional groups attached to an aromatic ring is 1. The Morgan fingerprint density at radius 1 is 1.47 bits per heavy atom. The van der Waals surface area contributed by atoms with Gasteiger partial charge in [-0.3, -0.25) is 4.79 Å². The Hall–Kier alpha value is -1.38. The van der Waals surface area contributed by atoms with Crippen molar-refractivity contribution in [1.82, 2.24) is 4.98 Å². The minimum absolute atomic E-state index is 0.176. The number of ketones is 1. The van der Waals surface area contributed by atoms with Crippen LogP contribution in [0.15, 0.2) is 12.3 Å². The molecule has 0 saturated heterocycles. The van der Waals surface area contributed by atoms with E-state index in [0.717, 1.165) is 31.2 Å². The molecule has 80 valence electrons. The Morgan fingerprint density at radius 3 is 2.73 bits per heavy atom. The molecule has 1 aromatic rings. The Morgan fingerprint density at radius 2 is 2.13 bits per heavy atom. The lowest BCUT2D eigenvalue weighted by molar-refractivity contribution is 0.0923. The molecule has 2 N–H and O–H groups in total. The summed E-state index contributed by atoms with van der Waals surface area (Å²) in [6, 6.07) is 1.85. The smallest absolute Gasteiger partial charge is 0.169 e. The molecule has 3 nitrogen and oxygen atoms in total. The maximum Gasteiger partial charge on any atom is 0.169 e. The Balaban J connectivity index is 2.32. The number of aryl methyl sites for hydroxylation is 1. The van der Waals surface area contributed by atoms with E-state index in [1.165, 1.54) is 0 Å². The van der Waals surface area contributed by atoms with Gasteiger partial charge in [0.15, 0.2) is 5.78 Å². The Labute approximate surface area is 89.7 Å². The van der Waals surface area contributed by atoms with Gasteiger partial charge in [0.25, 0.3) is 0 Å². The predicted octanol–water partition coefficient (Wildman–Crippen LogP) is 2.35. The summed E-state index contributed by atoms with van der Waals surface area (Å²) >= 11 is 0. The number of carbonyl (C=O) groups excluding carboxylic acids is 1. The van der Waals surface area contributed by atoms with Crippen LogP contribution in [0.5, 0.6) is 0 Å². The van der Waals surface area contributed by atoms with Crippen LogP contribution in [0, 0.1) is 12.8 Å². The summed E-state index contributed by atoms with van der Waals surface area (Å²) in [5, 5.41) is 0. The van der Waals surface area contributed by atoms with Crippen molar-refractivity contribution >= 4 is 11.6 Å². The molecule has 1 aromatic heterocycles. The van der Waals surface area contributed by atoms with Gasteiger partial charge in [0, 0.05) is 12.1 Å². The molecule has 1 aliphatic rings. The van der Waals surface area contributed by atoms with Gasteiger partial charge >= 0.3 is 0 Å². The summed E-state index contributed by atoms with van der Waals surface area (Å²) in [5.41, 5.74) is 7.34. The van der Waals surface area contributed by atoms with Crippen LogP contribution >= 0.6 is 0 Å². The second-order valence-electron chi connectivity index (χ2n) is 4.23. The zero-order valence-electron chi connectivity index (χ0n) is 8.99. The standard InChI is InChI=1S/C12H16N2O/c1-8-6-7-14-12(13)10(8)11(15)9-4-2-3-5-9/h6-7,9H,2-5H2,1H3,(H2,13,14). The summed E-state index contributed by atoms with van der Waals surface area (Å²) in [6.07, 6.45) is 5.99. The van der Waals surface area contributed by atoms with Crippen molar-refractivity contribution in [3.05, 3.63) is 23.4 Å². The Bertz CT molecular complexity index is 361. The maximum atomic E-state index is 12.2. The van der Waals surface area contributed by atoms with Gasteiger partial charge in [-0.1, -0.05) is 12.8 Å². The summed E-state index contributed by atoms with van der Waals surface area (Å²) in [4.78, 5) is 16.2. The summed E-state index contributed by atoms with van der Waals surface area (Å²) in [6.45, 7) is 1.92. The fourth-order valence-corrected chi connectivity index (χ4v) is 2.29. The van der Waals surface area contributed by atoms with Crippen molar-refractivity contribution < 1.29 is 4.79 Å². The SMILES string of the molecule is Cc1ccnc(N)c1C(=O)C1CCCC1. The molecule has 3 heteroatoms. The summed E-state index contributed by atoms with van der Waals surface area (Å²) in [7, 11) is 0. The highest BCUT2D eigenvalue weighted by molar-refractivity contribution is 6.02. The molecule has 0 amide bonds. The molecular weight excluding hydrogens is 188 g/mol. The molecule has 0 bridgehead atoms. The van der Waals surface area contributed by atoms with E-state index in [1.54, 1.807) is 6.20 Å². The summed E-state index contributed by atoms with van der Waals surface area (Å²) in [5.74, 6) is 0.748. The first kappa shape index (κ1) is 10.1. The van der Waals surface area contributed by atoms with Gasteiger partial charge < -0.3 is 5.73 Å². The van der Waals surface area contributed by atoms with E-state index in [4.69, 9.17) is 5.73 Å². The third-order valence-electron chi connectivity index (χ3n) is 3.16. The van der Waals surface area contributed by atoms with Crippen LogP contribution in [0.2, 0.25) is 0 Å². The van der Waals surface area contributed by atoms with E-state index >= 15 is 0 Å². The molecule has 0 radical (unpaired) electrons. The number of aromatic nitrogens is 1. The van der Waals surface area contributed by atoms with Crippen molar-refractivity contribution in [3.8, 4) is 0 Å². The molecule has 0 atom stereocenters. The topological polar surface area (TPSA) is 56.0 Å². The maximum absolute atomic E-state index is 12.2. The fourth-order valence-electron chi connectivity index (χ4n) is 2.29. The van der Waals surface area contributed by atoms with Gasteiger partial charge in [0.2, 0.25) is 0 Å². The molecule has 0 aliphatic heterocycles. The van der Waals surface area contributed by atoms with E-state index in [-0.39, 0.29) is 11.7 Å².